The monoisotopic (exact) mass is 336 g/mol. The van der Waals surface area contributed by atoms with Crippen LogP contribution in [0.5, 0.6) is 0 Å². The lowest BCUT2D eigenvalue weighted by molar-refractivity contribution is -0.137. The van der Waals surface area contributed by atoms with E-state index in [2.05, 4.69) is 31.1 Å². The molecule has 1 amide bonds. The summed E-state index contributed by atoms with van der Waals surface area (Å²) in [6.07, 6.45) is -3.53. The maximum absolute atomic E-state index is 12.7. The molecule has 1 aromatic carbocycles. The zero-order chi connectivity index (χ0) is 18.1. The molecule has 0 aliphatic rings. The van der Waals surface area contributed by atoms with Gasteiger partial charge in [0.25, 0.3) is 5.91 Å². The van der Waals surface area contributed by atoms with Crippen LogP contribution in [0.1, 0.15) is 48.0 Å². The van der Waals surface area contributed by atoms with Crippen molar-refractivity contribution in [2.24, 2.45) is 0 Å². The maximum Gasteiger partial charge on any atom is 0.416 e. The molecule has 2 aromatic rings. The van der Waals surface area contributed by atoms with Crippen LogP contribution in [0.2, 0.25) is 0 Å². The predicted molar refractivity (Wildman–Crippen MR) is 87.1 cm³/mol. The molecule has 3 nitrogen and oxygen atoms in total. The molecule has 0 radical (unpaired) electrons. The van der Waals surface area contributed by atoms with E-state index in [1.165, 1.54) is 0 Å². The Morgan fingerprint density at radius 3 is 2.33 bits per heavy atom. The molecule has 1 N–H and O–H groups in total. The molecule has 0 fully saturated rings. The Hall–Kier alpha value is -2.37. The SMILES string of the molecule is Cc1ccc(NC(=O)c2cc(C(F)(F)F)ccn2)cc1C(C)(C)C. The number of alkyl halides is 3. The number of rotatable bonds is 2. The van der Waals surface area contributed by atoms with Gasteiger partial charge in [-0.2, -0.15) is 13.2 Å². The van der Waals surface area contributed by atoms with Crippen molar-refractivity contribution in [3.8, 4) is 0 Å². The number of hydrogen-bond acceptors (Lipinski definition) is 2. The van der Waals surface area contributed by atoms with E-state index in [-0.39, 0.29) is 11.1 Å². The summed E-state index contributed by atoms with van der Waals surface area (Å²) in [5, 5.41) is 2.61. The number of nitrogens with one attached hydrogen (secondary N) is 1. The van der Waals surface area contributed by atoms with Crippen LogP contribution in [0.4, 0.5) is 18.9 Å². The van der Waals surface area contributed by atoms with Crippen LogP contribution in [0.3, 0.4) is 0 Å². The summed E-state index contributed by atoms with van der Waals surface area (Å²) in [5.74, 6) is -0.676. The summed E-state index contributed by atoms with van der Waals surface area (Å²) in [7, 11) is 0. The smallest absolute Gasteiger partial charge is 0.321 e. The van der Waals surface area contributed by atoms with Gasteiger partial charge in [0.1, 0.15) is 5.69 Å². The van der Waals surface area contributed by atoms with E-state index in [1.807, 2.05) is 19.1 Å². The molecular weight excluding hydrogens is 317 g/mol. The Kier molecular flexibility index (Phi) is 4.69. The number of aromatic nitrogens is 1. The standard InChI is InChI=1S/C18H19F3N2O/c1-11-5-6-13(10-14(11)17(2,3)4)23-16(24)15-9-12(7-8-22-15)18(19,20)21/h5-10H,1-4H3,(H,23,24). The fourth-order valence-electron chi connectivity index (χ4n) is 2.43. The lowest BCUT2D eigenvalue weighted by Crippen LogP contribution is -2.17. The topological polar surface area (TPSA) is 42.0 Å². The summed E-state index contributed by atoms with van der Waals surface area (Å²) in [5.41, 5.74) is 1.37. The number of carbonyl (C=O) groups is 1. The van der Waals surface area contributed by atoms with Crippen molar-refractivity contribution in [3.05, 3.63) is 58.9 Å². The molecule has 0 saturated carbocycles. The molecule has 0 bridgehead atoms. The lowest BCUT2D eigenvalue weighted by atomic mass is 9.84. The molecule has 0 spiro atoms. The van der Waals surface area contributed by atoms with Gasteiger partial charge in [0.2, 0.25) is 0 Å². The zero-order valence-electron chi connectivity index (χ0n) is 14.0. The van der Waals surface area contributed by atoms with Crippen molar-refractivity contribution in [3.63, 3.8) is 0 Å². The molecular formula is C18H19F3N2O. The minimum atomic E-state index is -4.51. The largest absolute Gasteiger partial charge is 0.416 e. The fourth-order valence-corrected chi connectivity index (χ4v) is 2.43. The van der Waals surface area contributed by atoms with Crippen molar-refractivity contribution in [1.29, 1.82) is 0 Å². The average Bonchev–Trinajstić information content (AvgIpc) is 2.47. The van der Waals surface area contributed by atoms with Crippen LogP contribution in [-0.4, -0.2) is 10.9 Å². The molecule has 6 heteroatoms. The average molecular weight is 336 g/mol. The van der Waals surface area contributed by atoms with Gasteiger partial charge in [-0.05, 0) is 47.7 Å². The third-order valence-electron chi connectivity index (χ3n) is 3.62. The molecule has 0 saturated heterocycles. The highest BCUT2D eigenvalue weighted by atomic mass is 19.4. The van der Waals surface area contributed by atoms with E-state index in [0.29, 0.717) is 5.69 Å². The molecule has 1 aromatic heterocycles. The number of anilines is 1. The lowest BCUT2D eigenvalue weighted by Gasteiger charge is -2.22. The Balaban J connectivity index is 2.28. The molecule has 1 heterocycles. The van der Waals surface area contributed by atoms with Gasteiger partial charge < -0.3 is 5.32 Å². The number of nitrogens with zero attached hydrogens (tertiary/aromatic N) is 1. The second-order valence-electron chi connectivity index (χ2n) is 6.66. The summed E-state index contributed by atoms with van der Waals surface area (Å²) in [6, 6.07) is 7.00. The zero-order valence-corrected chi connectivity index (χ0v) is 14.0. The van der Waals surface area contributed by atoms with Crippen molar-refractivity contribution >= 4 is 11.6 Å². The third-order valence-corrected chi connectivity index (χ3v) is 3.62. The van der Waals surface area contributed by atoms with Crippen LogP contribution < -0.4 is 5.32 Å². The van der Waals surface area contributed by atoms with Crippen LogP contribution in [0.25, 0.3) is 0 Å². The second-order valence-corrected chi connectivity index (χ2v) is 6.66. The Morgan fingerprint density at radius 2 is 1.75 bits per heavy atom. The summed E-state index contributed by atoms with van der Waals surface area (Å²) < 4.78 is 38.2. The minimum Gasteiger partial charge on any atom is -0.321 e. The Bertz CT molecular complexity index is 762. The van der Waals surface area contributed by atoms with Gasteiger partial charge in [-0.1, -0.05) is 26.8 Å². The minimum absolute atomic E-state index is 0.112. The summed E-state index contributed by atoms with van der Waals surface area (Å²) >= 11 is 0. The van der Waals surface area contributed by atoms with Gasteiger partial charge >= 0.3 is 6.18 Å². The van der Waals surface area contributed by atoms with E-state index in [0.717, 1.165) is 29.5 Å². The highest BCUT2D eigenvalue weighted by molar-refractivity contribution is 6.03. The van der Waals surface area contributed by atoms with Crippen molar-refractivity contribution in [1.82, 2.24) is 4.98 Å². The quantitative estimate of drug-likeness (QED) is 0.842. The number of halogens is 3. The van der Waals surface area contributed by atoms with Gasteiger partial charge in [0.05, 0.1) is 5.56 Å². The van der Waals surface area contributed by atoms with Gasteiger partial charge in [-0.15, -0.1) is 0 Å². The van der Waals surface area contributed by atoms with Crippen LogP contribution in [0, 0.1) is 6.92 Å². The number of hydrogen-bond donors (Lipinski definition) is 1. The van der Waals surface area contributed by atoms with Gasteiger partial charge in [0, 0.05) is 11.9 Å². The van der Waals surface area contributed by atoms with E-state index >= 15 is 0 Å². The third kappa shape index (κ3) is 4.13. The summed E-state index contributed by atoms with van der Waals surface area (Å²) in [6.45, 7) is 8.13. The van der Waals surface area contributed by atoms with Crippen molar-refractivity contribution in [2.45, 2.75) is 39.3 Å². The highest BCUT2D eigenvalue weighted by Crippen LogP contribution is 2.30. The van der Waals surface area contributed by atoms with E-state index in [4.69, 9.17) is 0 Å². The van der Waals surface area contributed by atoms with Crippen LogP contribution in [0.15, 0.2) is 36.5 Å². The molecule has 0 unspecified atom stereocenters. The molecule has 0 aliphatic carbocycles. The Morgan fingerprint density at radius 1 is 1.08 bits per heavy atom. The first kappa shape index (κ1) is 18.0. The Labute approximate surface area is 138 Å². The van der Waals surface area contributed by atoms with E-state index in [9.17, 15) is 18.0 Å². The normalized spacial score (nSPS) is 12.1. The number of amides is 1. The van der Waals surface area contributed by atoms with Gasteiger partial charge in [-0.25, -0.2) is 0 Å². The van der Waals surface area contributed by atoms with Crippen LogP contribution >= 0.6 is 0 Å². The number of pyridine rings is 1. The molecule has 128 valence electrons. The molecule has 24 heavy (non-hydrogen) atoms. The van der Waals surface area contributed by atoms with Crippen molar-refractivity contribution in [2.75, 3.05) is 5.32 Å². The number of carbonyl (C=O) groups excluding carboxylic acids is 1. The first-order valence-electron chi connectivity index (χ1n) is 7.44. The maximum atomic E-state index is 12.7. The van der Waals surface area contributed by atoms with E-state index < -0.39 is 17.6 Å². The summed E-state index contributed by atoms with van der Waals surface area (Å²) in [4.78, 5) is 15.9. The number of benzene rings is 1. The molecule has 2 rings (SSSR count). The van der Waals surface area contributed by atoms with Crippen molar-refractivity contribution < 1.29 is 18.0 Å². The first-order chi connectivity index (χ1) is 11.0. The fraction of sp³-hybridized carbons (Fsp3) is 0.333. The van der Waals surface area contributed by atoms with Gasteiger partial charge in [-0.3, -0.25) is 9.78 Å². The van der Waals surface area contributed by atoms with Crippen LogP contribution in [-0.2, 0) is 11.6 Å². The predicted octanol–water partition coefficient (Wildman–Crippen LogP) is 4.96. The van der Waals surface area contributed by atoms with E-state index in [1.54, 1.807) is 6.07 Å². The number of aryl methyl sites for hydroxylation is 1. The highest BCUT2D eigenvalue weighted by Gasteiger charge is 2.31. The first-order valence-corrected chi connectivity index (χ1v) is 7.44. The second kappa shape index (κ2) is 6.26. The van der Waals surface area contributed by atoms with Gasteiger partial charge in [0.15, 0.2) is 0 Å². The molecule has 0 atom stereocenters. The molecule has 0 aliphatic heterocycles.